The van der Waals surface area contributed by atoms with Crippen molar-refractivity contribution in [1.29, 1.82) is 0 Å². The van der Waals surface area contributed by atoms with Crippen LogP contribution in [0.4, 0.5) is 4.79 Å². The van der Waals surface area contributed by atoms with E-state index >= 15 is 0 Å². The normalized spacial score (nSPS) is 18.1. The lowest BCUT2D eigenvalue weighted by atomic mass is 9.88. The number of imide groups is 1. The number of urea groups is 1. The van der Waals surface area contributed by atoms with Gasteiger partial charge in [-0.25, -0.2) is 4.79 Å². The maximum absolute atomic E-state index is 13.0. The van der Waals surface area contributed by atoms with Crippen LogP contribution in [0.5, 0.6) is 11.6 Å². The Morgan fingerprint density at radius 1 is 1.09 bits per heavy atom. The SMILES string of the molecule is COc1ccc2cn(C[C@@]3(c4ccc(-c5cnn(C)c5)cc4)NC(=O)NC3=O)c(O)c2c1. The number of ether oxygens (including phenoxy) is 1. The Morgan fingerprint density at radius 2 is 1.88 bits per heavy atom. The van der Waals surface area contributed by atoms with Gasteiger partial charge in [0, 0.05) is 35.8 Å². The Morgan fingerprint density at radius 3 is 2.50 bits per heavy atom. The molecule has 2 aromatic heterocycles. The Bertz CT molecular complexity index is 1350. The molecule has 3 heterocycles. The van der Waals surface area contributed by atoms with Gasteiger partial charge in [-0.3, -0.25) is 14.8 Å². The third-order valence-electron chi connectivity index (χ3n) is 5.83. The molecule has 32 heavy (non-hydrogen) atoms. The number of aryl methyl sites for hydroxylation is 1. The van der Waals surface area contributed by atoms with Gasteiger partial charge in [-0.2, -0.15) is 5.10 Å². The second-order valence-corrected chi connectivity index (χ2v) is 7.83. The second-order valence-electron chi connectivity index (χ2n) is 7.83. The summed E-state index contributed by atoms with van der Waals surface area (Å²) >= 11 is 0. The topological polar surface area (TPSA) is 110 Å². The van der Waals surface area contributed by atoms with E-state index in [0.717, 1.165) is 16.5 Å². The molecule has 0 unspecified atom stereocenters. The molecular weight excluding hydrogens is 410 g/mol. The molecule has 4 aromatic rings. The van der Waals surface area contributed by atoms with Crippen molar-refractivity contribution in [3.05, 3.63) is 66.6 Å². The first-order chi connectivity index (χ1) is 15.4. The molecule has 3 N–H and O–H groups in total. The highest BCUT2D eigenvalue weighted by molar-refractivity contribution is 6.07. The summed E-state index contributed by atoms with van der Waals surface area (Å²) < 4.78 is 8.51. The van der Waals surface area contributed by atoms with E-state index in [1.807, 2.05) is 31.4 Å². The van der Waals surface area contributed by atoms with Gasteiger partial charge in [0.25, 0.3) is 5.91 Å². The van der Waals surface area contributed by atoms with Gasteiger partial charge in [0.05, 0.1) is 19.9 Å². The fourth-order valence-electron chi connectivity index (χ4n) is 4.14. The predicted molar refractivity (Wildman–Crippen MR) is 117 cm³/mol. The molecule has 2 aromatic carbocycles. The minimum Gasteiger partial charge on any atom is -0.497 e. The first-order valence-corrected chi connectivity index (χ1v) is 9.98. The van der Waals surface area contributed by atoms with Crippen molar-refractivity contribution in [3.63, 3.8) is 0 Å². The van der Waals surface area contributed by atoms with Crippen LogP contribution in [0.2, 0.25) is 0 Å². The molecule has 1 atom stereocenters. The van der Waals surface area contributed by atoms with Crippen molar-refractivity contribution in [2.75, 3.05) is 7.11 Å². The van der Waals surface area contributed by atoms with Gasteiger partial charge in [-0.15, -0.1) is 0 Å². The summed E-state index contributed by atoms with van der Waals surface area (Å²) in [7, 11) is 3.39. The van der Waals surface area contributed by atoms with E-state index < -0.39 is 17.5 Å². The lowest BCUT2D eigenvalue weighted by Gasteiger charge is -2.27. The lowest BCUT2D eigenvalue weighted by Crippen LogP contribution is -2.47. The van der Waals surface area contributed by atoms with E-state index in [-0.39, 0.29) is 12.4 Å². The van der Waals surface area contributed by atoms with Crippen LogP contribution < -0.4 is 15.4 Å². The average Bonchev–Trinajstić information content (AvgIpc) is 3.44. The zero-order valence-corrected chi connectivity index (χ0v) is 17.5. The van der Waals surface area contributed by atoms with E-state index in [2.05, 4.69) is 15.7 Å². The van der Waals surface area contributed by atoms with Crippen LogP contribution in [-0.2, 0) is 23.9 Å². The maximum atomic E-state index is 13.0. The zero-order valence-electron chi connectivity index (χ0n) is 17.5. The van der Waals surface area contributed by atoms with Gasteiger partial charge in [0.1, 0.15) is 5.75 Å². The Balaban J connectivity index is 1.56. The lowest BCUT2D eigenvalue weighted by molar-refractivity contribution is -0.124. The number of rotatable bonds is 5. The summed E-state index contributed by atoms with van der Waals surface area (Å²) in [6.07, 6.45) is 5.40. The minimum absolute atomic E-state index is 0.0135. The summed E-state index contributed by atoms with van der Waals surface area (Å²) in [6.45, 7) is 0.0135. The molecule has 1 aliphatic rings. The molecule has 3 amide bonds. The summed E-state index contributed by atoms with van der Waals surface area (Å²) in [5.41, 5.74) is 1.10. The highest BCUT2D eigenvalue weighted by Gasteiger charge is 2.48. The highest BCUT2D eigenvalue weighted by Crippen LogP contribution is 2.35. The average molecular weight is 431 g/mol. The number of methoxy groups -OCH3 is 1. The number of nitrogens with zero attached hydrogens (tertiary/aromatic N) is 3. The first kappa shape index (κ1) is 19.7. The summed E-state index contributed by atoms with van der Waals surface area (Å²) in [4.78, 5) is 25.1. The molecule has 9 heteroatoms. The summed E-state index contributed by atoms with van der Waals surface area (Å²) in [5.74, 6) is 0.115. The summed E-state index contributed by atoms with van der Waals surface area (Å²) in [6, 6.07) is 12.1. The van der Waals surface area contributed by atoms with Crippen molar-refractivity contribution < 1.29 is 19.4 Å². The number of hydrogen-bond donors (Lipinski definition) is 3. The third-order valence-corrected chi connectivity index (χ3v) is 5.83. The first-order valence-electron chi connectivity index (χ1n) is 9.98. The number of carbonyl (C=O) groups excluding carboxylic acids is 2. The molecular formula is C23H21N5O4. The van der Waals surface area contributed by atoms with Gasteiger partial charge in [0.15, 0.2) is 11.4 Å². The quantitative estimate of drug-likeness (QED) is 0.421. The van der Waals surface area contributed by atoms with E-state index in [9.17, 15) is 14.7 Å². The molecule has 162 valence electrons. The fourth-order valence-corrected chi connectivity index (χ4v) is 4.14. The molecule has 1 saturated heterocycles. The van der Waals surface area contributed by atoms with E-state index in [1.165, 1.54) is 0 Å². The van der Waals surface area contributed by atoms with Crippen molar-refractivity contribution in [2.45, 2.75) is 12.1 Å². The molecule has 0 spiro atoms. The van der Waals surface area contributed by atoms with E-state index in [1.54, 1.807) is 53.0 Å². The third kappa shape index (κ3) is 3.06. The largest absolute Gasteiger partial charge is 0.497 e. The van der Waals surface area contributed by atoms with Crippen molar-refractivity contribution in [3.8, 4) is 22.8 Å². The predicted octanol–water partition coefficient (Wildman–Crippen LogP) is 2.49. The molecule has 0 radical (unpaired) electrons. The Labute approximate surface area is 183 Å². The smallest absolute Gasteiger partial charge is 0.322 e. The van der Waals surface area contributed by atoms with Crippen molar-refractivity contribution >= 4 is 22.7 Å². The maximum Gasteiger partial charge on any atom is 0.322 e. The van der Waals surface area contributed by atoms with Gasteiger partial charge < -0.3 is 19.7 Å². The van der Waals surface area contributed by atoms with Crippen LogP contribution in [0.15, 0.2) is 61.1 Å². The number of nitrogens with one attached hydrogen (secondary N) is 2. The molecule has 1 aliphatic heterocycles. The second kappa shape index (κ2) is 7.16. The number of benzene rings is 2. The van der Waals surface area contributed by atoms with Gasteiger partial charge in [-0.05, 0) is 29.3 Å². The molecule has 0 bridgehead atoms. The number of amides is 3. The number of aromatic nitrogens is 3. The van der Waals surface area contributed by atoms with Gasteiger partial charge in [-0.1, -0.05) is 24.3 Å². The zero-order chi connectivity index (χ0) is 22.5. The van der Waals surface area contributed by atoms with Crippen LogP contribution in [0, 0.1) is 0 Å². The van der Waals surface area contributed by atoms with Crippen molar-refractivity contribution in [2.24, 2.45) is 7.05 Å². The van der Waals surface area contributed by atoms with Crippen LogP contribution in [-0.4, -0.2) is 38.5 Å². The highest BCUT2D eigenvalue weighted by atomic mass is 16.5. The summed E-state index contributed by atoms with van der Waals surface area (Å²) in [5, 5.41) is 21.5. The number of hydrogen-bond acceptors (Lipinski definition) is 5. The molecule has 1 fully saturated rings. The monoisotopic (exact) mass is 431 g/mol. The number of fused-ring (bicyclic) bond motifs is 1. The van der Waals surface area contributed by atoms with Crippen LogP contribution >= 0.6 is 0 Å². The van der Waals surface area contributed by atoms with Crippen LogP contribution in [0.25, 0.3) is 21.9 Å². The van der Waals surface area contributed by atoms with Gasteiger partial charge in [0.2, 0.25) is 0 Å². The van der Waals surface area contributed by atoms with E-state index in [0.29, 0.717) is 16.7 Å². The van der Waals surface area contributed by atoms with E-state index in [4.69, 9.17) is 4.74 Å². The fraction of sp³-hybridized carbons (Fsp3) is 0.174. The standard InChI is InChI=1S/C23H21N5O4/c1-27-11-16(10-24-27)14-3-6-17(7-4-14)23(21(30)25-22(31)26-23)13-28-12-15-5-8-18(32-2)9-19(15)20(28)29/h3-12,29H,13H2,1-2H3,(H2,25,26,30,31)/t23-/m0/s1. The molecule has 5 rings (SSSR count). The molecule has 0 saturated carbocycles. The molecule has 0 aliphatic carbocycles. The van der Waals surface area contributed by atoms with Crippen LogP contribution in [0.3, 0.4) is 0 Å². The minimum atomic E-state index is -1.37. The Hall–Kier alpha value is -4.27. The Kier molecular flexibility index (Phi) is 4.40. The number of aromatic hydroxyl groups is 1. The van der Waals surface area contributed by atoms with Gasteiger partial charge >= 0.3 is 6.03 Å². The van der Waals surface area contributed by atoms with Crippen LogP contribution in [0.1, 0.15) is 5.56 Å². The van der Waals surface area contributed by atoms with Crippen molar-refractivity contribution in [1.82, 2.24) is 25.0 Å². The number of carbonyl (C=O) groups is 2. The molecule has 9 nitrogen and oxygen atoms in total.